The highest BCUT2D eigenvalue weighted by Gasteiger charge is 2.35. The minimum absolute atomic E-state index is 0.110. The minimum atomic E-state index is -3.59. The van der Waals surface area contributed by atoms with E-state index in [9.17, 15) is 8.42 Å². The van der Waals surface area contributed by atoms with Gasteiger partial charge >= 0.3 is 0 Å². The van der Waals surface area contributed by atoms with Gasteiger partial charge in [0, 0.05) is 30.9 Å². The number of hydrogen-bond donors (Lipinski definition) is 2. The van der Waals surface area contributed by atoms with Gasteiger partial charge in [-0.05, 0) is 27.8 Å². The van der Waals surface area contributed by atoms with Crippen LogP contribution in [0.25, 0.3) is 0 Å². The molecule has 0 aromatic carbocycles. The van der Waals surface area contributed by atoms with Gasteiger partial charge in [-0.15, -0.1) is 0 Å². The van der Waals surface area contributed by atoms with Crippen LogP contribution in [-0.2, 0) is 21.3 Å². The van der Waals surface area contributed by atoms with Crippen molar-refractivity contribution >= 4 is 10.0 Å². The molecule has 1 aliphatic heterocycles. The largest absolute Gasteiger partial charge is 0.373 e. The monoisotopic (exact) mass is 302 g/mol. The van der Waals surface area contributed by atoms with E-state index in [0.717, 1.165) is 5.69 Å². The van der Waals surface area contributed by atoms with Crippen LogP contribution >= 0.6 is 0 Å². The third-order valence-corrected chi connectivity index (χ3v) is 5.16. The Morgan fingerprint density at radius 3 is 2.55 bits per heavy atom. The first-order valence-corrected chi connectivity index (χ1v) is 8.14. The molecule has 1 fully saturated rings. The van der Waals surface area contributed by atoms with Crippen LogP contribution in [0.3, 0.4) is 0 Å². The van der Waals surface area contributed by atoms with E-state index in [-0.39, 0.29) is 17.2 Å². The van der Waals surface area contributed by atoms with E-state index in [4.69, 9.17) is 4.74 Å². The second-order valence-corrected chi connectivity index (χ2v) is 7.10. The molecule has 2 N–H and O–H groups in total. The zero-order valence-electron chi connectivity index (χ0n) is 12.3. The molecule has 0 saturated carbocycles. The third kappa shape index (κ3) is 2.88. The molecule has 2 atom stereocenters. The van der Waals surface area contributed by atoms with E-state index in [2.05, 4.69) is 15.5 Å². The van der Waals surface area contributed by atoms with Crippen LogP contribution in [0.1, 0.15) is 25.1 Å². The molecule has 1 aromatic heterocycles. The van der Waals surface area contributed by atoms with Crippen LogP contribution in [-0.4, -0.2) is 55.3 Å². The van der Waals surface area contributed by atoms with Gasteiger partial charge in [0.2, 0.25) is 0 Å². The maximum atomic E-state index is 12.7. The van der Waals surface area contributed by atoms with Gasteiger partial charge in [0.25, 0.3) is 10.0 Å². The predicted molar refractivity (Wildman–Crippen MR) is 74.9 cm³/mol. The average molecular weight is 302 g/mol. The smallest absolute Gasteiger partial charge is 0.262 e. The Bertz CT molecular complexity index is 559. The Hall–Kier alpha value is -0.960. The maximum Gasteiger partial charge on any atom is 0.262 e. The normalized spacial score (nSPS) is 25.0. The van der Waals surface area contributed by atoms with Crippen LogP contribution in [0, 0.1) is 6.92 Å². The lowest BCUT2D eigenvalue weighted by Crippen LogP contribution is -2.48. The van der Waals surface area contributed by atoms with Crippen molar-refractivity contribution in [3.8, 4) is 0 Å². The number of morpholine rings is 1. The van der Waals surface area contributed by atoms with Gasteiger partial charge in [0.05, 0.1) is 12.2 Å². The molecule has 1 aliphatic rings. The van der Waals surface area contributed by atoms with Crippen LogP contribution < -0.4 is 5.32 Å². The molecule has 0 aliphatic carbocycles. The van der Waals surface area contributed by atoms with Gasteiger partial charge in [-0.1, -0.05) is 0 Å². The van der Waals surface area contributed by atoms with Gasteiger partial charge in [-0.25, -0.2) is 8.42 Å². The van der Waals surface area contributed by atoms with Gasteiger partial charge in [0.15, 0.2) is 5.03 Å². The highest BCUT2D eigenvalue weighted by atomic mass is 32.2. The van der Waals surface area contributed by atoms with Crippen molar-refractivity contribution in [1.82, 2.24) is 19.8 Å². The fourth-order valence-electron chi connectivity index (χ4n) is 2.48. The van der Waals surface area contributed by atoms with Crippen molar-refractivity contribution in [3.63, 3.8) is 0 Å². The first-order chi connectivity index (χ1) is 9.36. The fraction of sp³-hybridized carbons (Fsp3) is 0.750. The fourth-order valence-corrected chi connectivity index (χ4v) is 4.23. The molecule has 0 radical (unpaired) electrons. The maximum absolute atomic E-state index is 12.7. The molecule has 0 unspecified atom stereocenters. The summed E-state index contributed by atoms with van der Waals surface area (Å²) in [5, 5.41) is 9.85. The highest BCUT2D eigenvalue weighted by molar-refractivity contribution is 7.89. The molecular formula is C12H22N4O3S. The van der Waals surface area contributed by atoms with Gasteiger partial charge < -0.3 is 10.1 Å². The summed E-state index contributed by atoms with van der Waals surface area (Å²) in [6, 6.07) is 0. The lowest BCUT2D eigenvalue weighted by Gasteiger charge is -2.34. The summed E-state index contributed by atoms with van der Waals surface area (Å²) < 4.78 is 32.5. The second kappa shape index (κ2) is 5.80. The summed E-state index contributed by atoms with van der Waals surface area (Å²) in [5.41, 5.74) is 1.46. The van der Waals surface area contributed by atoms with E-state index in [1.165, 1.54) is 4.31 Å². The Kier molecular flexibility index (Phi) is 4.48. The number of rotatable bonds is 4. The standard InChI is InChI=1S/C12H22N4O3S/c1-8-6-16(7-9(2)19-8)20(17,18)12-11(5-13-4)10(3)14-15-12/h8-9,13H,5-7H2,1-4H3,(H,14,15)/t8-,9+. The molecule has 7 nitrogen and oxygen atoms in total. The van der Waals surface area contributed by atoms with E-state index >= 15 is 0 Å². The SMILES string of the molecule is CNCc1c(S(=O)(=O)N2C[C@@H](C)O[C@@H](C)C2)n[nH]c1C. The number of aryl methyl sites for hydroxylation is 1. The van der Waals surface area contributed by atoms with E-state index in [0.29, 0.717) is 25.2 Å². The zero-order chi connectivity index (χ0) is 14.9. The van der Waals surface area contributed by atoms with Crippen LogP contribution in [0.15, 0.2) is 5.03 Å². The number of ether oxygens (including phenoxy) is 1. The Labute approximate surface area is 119 Å². The minimum Gasteiger partial charge on any atom is -0.373 e. The van der Waals surface area contributed by atoms with Crippen LogP contribution in [0.5, 0.6) is 0 Å². The third-order valence-electron chi connectivity index (χ3n) is 3.36. The Balaban J connectivity index is 2.35. The molecule has 8 heteroatoms. The average Bonchev–Trinajstić information content (AvgIpc) is 2.71. The lowest BCUT2D eigenvalue weighted by atomic mass is 10.3. The topological polar surface area (TPSA) is 87.3 Å². The number of H-pyrrole nitrogens is 1. The molecule has 0 spiro atoms. The summed E-state index contributed by atoms with van der Waals surface area (Å²) in [4.78, 5) is 0. The van der Waals surface area contributed by atoms with Crippen LogP contribution in [0.4, 0.5) is 0 Å². The molecule has 1 saturated heterocycles. The second-order valence-electron chi connectivity index (χ2n) is 5.24. The Morgan fingerprint density at radius 1 is 1.40 bits per heavy atom. The molecule has 114 valence electrons. The zero-order valence-corrected chi connectivity index (χ0v) is 13.1. The molecule has 0 amide bonds. The first kappa shape index (κ1) is 15.4. The predicted octanol–water partition coefficient (Wildman–Crippen LogP) is 0.235. The van der Waals surface area contributed by atoms with Crippen molar-refractivity contribution in [3.05, 3.63) is 11.3 Å². The summed E-state index contributed by atoms with van der Waals surface area (Å²) in [6.07, 6.45) is -0.220. The van der Waals surface area contributed by atoms with E-state index < -0.39 is 10.0 Å². The molecule has 2 heterocycles. The first-order valence-electron chi connectivity index (χ1n) is 6.70. The lowest BCUT2D eigenvalue weighted by molar-refractivity contribution is -0.0441. The summed E-state index contributed by atoms with van der Waals surface area (Å²) in [5.74, 6) is 0. The number of sulfonamides is 1. The molecule has 20 heavy (non-hydrogen) atoms. The highest BCUT2D eigenvalue weighted by Crippen LogP contribution is 2.23. The van der Waals surface area contributed by atoms with Crippen molar-refractivity contribution in [2.24, 2.45) is 0 Å². The Morgan fingerprint density at radius 2 is 2.00 bits per heavy atom. The summed E-state index contributed by atoms with van der Waals surface area (Å²) >= 11 is 0. The molecule has 2 rings (SSSR count). The van der Waals surface area contributed by atoms with Crippen molar-refractivity contribution in [1.29, 1.82) is 0 Å². The number of nitrogens with zero attached hydrogens (tertiary/aromatic N) is 2. The van der Waals surface area contributed by atoms with Crippen molar-refractivity contribution in [2.45, 2.75) is 44.5 Å². The number of aromatic amines is 1. The van der Waals surface area contributed by atoms with E-state index in [1.54, 1.807) is 7.05 Å². The molecule has 1 aromatic rings. The van der Waals surface area contributed by atoms with Crippen molar-refractivity contribution in [2.75, 3.05) is 20.1 Å². The van der Waals surface area contributed by atoms with Gasteiger partial charge in [-0.3, -0.25) is 5.10 Å². The van der Waals surface area contributed by atoms with Gasteiger partial charge in [0.1, 0.15) is 0 Å². The number of aromatic nitrogens is 2. The molecular weight excluding hydrogens is 280 g/mol. The summed E-state index contributed by atoms with van der Waals surface area (Å²) in [7, 11) is -1.81. The summed E-state index contributed by atoms with van der Waals surface area (Å²) in [6.45, 7) is 6.76. The quantitative estimate of drug-likeness (QED) is 0.831. The molecule has 0 bridgehead atoms. The number of hydrogen-bond acceptors (Lipinski definition) is 5. The van der Waals surface area contributed by atoms with Gasteiger partial charge in [-0.2, -0.15) is 9.40 Å². The number of nitrogens with one attached hydrogen (secondary N) is 2. The van der Waals surface area contributed by atoms with Crippen molar-refractivity contribution < 1.29 is 13.2 Å². The van der Waals surface area contributed by atoms with E-state index in [1.807, 2.05) is 20.8 Å². The van der Waals surface area contributed by atoms with Crippen LogP contribution in [0.2, 0.25) is 0 Å².